The first-order chi connectivity index (χ1) is 11.9. The maximum atomic E-state index is 11.3. The van der Waals surface area contributed by atoms with Crippen molar-refractivity contribution < 1.29 is 8.42 Å². The Morgan fingerprint density at radius 3 is 2.52 bits per heavy atom. The summed E-state index contributed by atoms with van der Waals surface area (Å²) in [5.74, 6) is 0.686. The molecule has 9 heteroatoms. The molecule has 2 rings (SSSR count). The number of aromatic nitrogens is 1. The third-order valence-electron chi connectivity index (χ3n) is 3.37. The van der Waals surface area contributed by atoms with Crippen LogP contribution in [-0.4, -0.2) is 25.9 Å². The van der Waals surface area contributed by atoms with E-state index in [4.69, 9.17) is 5.14 Å². The number of sulfonamides is 1. The van der Waals surface area contributed by atoms with E-state index in [0.717, 1.165) is 23.5 Å². The topological polar surface area (TPSA) is 109 Å². The highest BCUT2D eigenvalue weighted by Gasteiger charge is 2.07. The lowest BCUT2D eigenvalue weighted by Crippen LogP contribution is -2.36. The van der Waals surface area contributed by atoms with Gasteiger partial charge in [-0.3, -0.25) is 0 Å². The van der Waals surface area contributed by atoms with Gasteiger partial charge in [0.05, 0.1) is 18.0 Å². The van der Waals surface area contributed by atoms with Gasteiger partial charge in [-0.2, -0.15) is 0 Å². The van der Waals surface area contributed by atoms with Crippen molar-refractivity contribution in [1.82, 2.24) is 15.6 Å². The molecule has 0 amide bonds. The average molecular weight is 382 g/mol. The number of hydrogen-bond donors (Lipinski definition) is 3. The van der Waals surface area contributed by atoms with Gasteiger partial charge in [0.1, 0.15) is 5.01 Å². The van der Waals surface area contributed by atoms with Crippen molar-refractivity contribution in [1.29, 1.82) is 0 Å². The minimum Gasteiger partial charge on any atom is -0.357 e. The second-order valence-corrected chi connectivity index (χ2v) is 8.07. The largest absolute Gasteiger partial charge is 0.357 e. The molecule has 0 saturated carbocycles. The Balaban J connectivity index is 1.98. The number of nitrogens with one attached hydrogen (secondary N) is 2. The summed E-state index contributed by atoms with van der Waals surface area (Å²) in [4.78, 5) is 10.2. The second-order valence-electron chi connectivity index (χ2n) is 5.31. The lowest BCUT2D eigenvalue weighted by atomic mass is 10.2. The zero-order valence-electron chi connectivity index (χ0n) is 14.3. The number of thiazole rings is 1. The normalized spacial score (nSPS) is 12.2. The van der Waals surface area contributed by atoms with Gasteiger partial charge in [0, 0.05) is 17.6 Å². The Morgan fingerprint density at radius 1 is 1.24 bits per heavy atom. The van der Waals surface area contributed by atoms with Crippen LogP contribution in [0.2, 0.25) is 0 Å². The Kier molecular flexibility index (Phi) is 6.91. The van der Waals surface area contributed by atoms with Crippen LogP contribution in [0.25, 0.3) is 0 Å². The van der Waals surface area contributed by atoms with E-state index in [-0.39, 0.29) is 4.90 Å². The van der Waals surface area contributed by atoms with Crippen LogP contribution < -0.4 is 15.8 Å². The fourth-order valence-corrected chi connectivity index (χ4v) is 3.37. The Hall–Kier alpha value is -1.97. The molecule has 2 aromatic rings. The molecule has 1 heterocycles. The predicted octanol–water partition coefficient (Wildman–Crippen LogP) is 1.61. The lowest BCUT2D eigenvalue weighted by molar-refractivity contribution is 0.598. The summed E-state index contributed by atoms with van der Waals surface area (Å²) in [6, 6.07) is 6.40. The third kappa shape index (κ3) is 6.11. The number of nitrogens with two attached hydrogens (primary N) is 1. The van der Waals surface area contributed by atoms with Gasteiger partial charge in [-0.1, -0.05) is 19.1 Å². The van der Waals surface area contributed by atoms with Gasteiger partial charge in [0.15, 0.2) is 5.96 Å². The minimum atomic E-state index is -3.67. The van der Waals surface area contributed by atoms with Crippen molar-refractivity contribution in [2.75, 3.05) is 6.54 Å². The third-order valence-corrected chi connectivity index (χ3v) is 5.44. The van der Waals surface area contributed by atoms with E-state index in [1.165, 1.54) is 17.0 Å². The summed E-state index contributed by atoms with van der Waals surface area (Å²) in [6.07, 6.45) is 2.89. The quantitative estimate of drug-likeness (QED) is 0.499. The number of benzene rings is 1. The van der Waals surface area contributed by atoms with Gasteiger partial charge in [-0.25, -0.2) is 23.5 Å². The van der Waals surface area contributed by atoms with Crippen LogP contribution in [0.4, 0.5) is 0 Å². The lowest BCUT2D eigenvalue weighted by Gasteiger charge is -2.10. The van der Waals surface area contributed by atoms with Gasteiger partial charge in [0.25, 0.3) is 0 Å². The van der Waals surface area contributed by atoms with Gasteiger partial charge in [-0.05, 0) is 31.0 Å². The van der Waals surface area contributed by atoms with E-state index in [9.17, 15) is 8.42 Å². The van der Waals surface area contributed by atoms with Crippen molar-refractivity contribution >= 4 is 27.3 Å². The maximum absolute atomic E-state index is 11.3. The molecule has 0 spiro atoms. The molecule has 0 fully saturated rings. The van der Waals surface area contributed by atoms with E-state index in [1.54, 1.807) is 23.5 Å². The molecule has 0 radical (unpaired) electrons. The van der Waals surface area contributed by atoms with Gasteiger partial charge >= 0.3 is 0 Å². The van der Waals surface area contributed by atoms with Crippen LogP contribution >= 0.6 is 11.3 Å². The zero-order chi connectivity index (χ0) is 18.3. The Morgan fingerprint density at radius 2 is 1.96 bits per heavy atom. The minimum absolute atomic E-state index is 0.0979. The summed E-state index contributed by atoms with van der Waals surface area (Å²) in [5.41, 5.74) is 0.895. The molecule has 4 N–H and O–H groups in total. The van der Waals surface area contributed by atoms with Crippen LogP contribution in [-0.2, 0) is 29.5 Å². The van der Waals surface area contributed by atoms with Crippen molar-refractivity contribution in [3.8, 4) is 0 Å². The molecular formula is C16H23N5O2S2. The Bertz CT molecular complexity index is 813. The zero-order valence-corrected chi connectivity index (χ0v) is 16.0. The van der Waals surface area contributed by atoms with Crippen LogP contribution in [0.1, 0.15) is 29.3 Å². The molecule has 1 aromatic carbocycles. The average Bonchev–Trinajstić information content (AvgIpc) is 3.05. The summed E-state index contributed by atoms with van der Waals surface area (Å²) < 4.78 is 22.5. The summed E-state index contributed by atoms with van der Waals surface area (Å²) in [5, 5.41) is 12.5. The first-order valence-electron chi connectivity index (χ1n) is 8.00. The molecule has 25 heavy (non-hydrogen) atoms. The van der Waals surface area contributed by atoms with E-state index >= 15 is 0 Å². The molecular weight excluding hydrogens is 358 g/mol. The molecule has 0 aliphatic carbocycles. The molecule has 1 aromatic heterocycles. The maximum Gasteiger partial charge on any atom is 0.238 e. The molecule has 0 atom stereocenters. The molecule has 0 bridgehead atoms. The summed E-state index contributed by atoms with van der Waals surface area (Å²) in [7, 11) is -3.67. The summed E-state index contributed by atoms with van der Waals surface area (Å²) in [6.45, 7) is 5.89. The number of hydrogen-bond acceptors (Lipinski definition) is 5. The molecule has 0 unspecified atom stereocenters. The number of rotatable bonds is 7. The SMILES string of the molecule is CCNC(=NCc1ccc(S(N)(=O)=O)cc1)NCc1ncc(CC)s1. The highest BCUT2D eigenvalue weighted by atomic mass is 32.2. The summed E-state index contributed by atoms with van der Waals surface area (Å²) >= 11 is 1.69. The number of guanidine groups is 1. The first kappa shape index (κ1) is 19.4. The Labute approximate surface area is 152 Å². The van der Waals surface area contributed by atoms with E-state index in [0.29, 0.717) is 19.0 Å². The molecule has 0 saturated heterocycles. The number of aryl methyl sites for hydroxylation is 1. The van der Waals surface area contributed by atoms with Crippen molar-refractivity contribution in [3.63, 3.8) is 0 Å². The number of primary sulfonamides is 1. The van der Waals surface area contributed by atoms with Crippen molar-refractivity contribution in [2.45, 2.75) is 38.3 Å². The van der Waals surface area contributed by atoms with Crippen LogP contribution in [0, 0.1) is 0 Å². The fourth-order valence-electron chi connectivity index (χ4n) is 2.05. The van der Waals surface area contributed by atoms with Crippen molar-refractivity contribution in [3.05, 3.63) is 45.9 Å². The van der Waals surface area contributed by atoms with Crippen LogP contribution in [0.3, 0.4) is 0 Å². The highest BCUT2D eigenvalue weighted by Crippen LogP contribution is 2.13. The van der Waals surface area contributed by atoms with E-state index < -0.39 is 10.0 Å². The molecule has 0 aliphatic heterocycles. The van der Waals surface area contributed by atoms with Crippen LogP contribution in [0.5, 0.6) is 0 Å². The van der Waals surface area contributed by atoms with Gasteiger partial charge < -0.3 is 10.6 Å². The van der Waals surface area contributed by atoms with Crippen molar-refractivity contribution in [2.24, 2.45) is 10.1 Å². The highest BCUT2D eigenvalue weighted by molar-refractivity contribution is 7.89. The molecule has 7 nitrogen and oxygen atoms in total. The standard InChI is InChI=1S/C16H23N5O2S2/c1-3-13-10-19-15(24-13)11-21-16(18-4-2)20-9-12-5-7-14(8-6-12)25(17,22)23/h5-8,10H,3-4,9,11H2,1-2H3,(H2,17,22,23)(H2,18,20,21). The first-order valence-corrected chi connectivity index (χ1v) is 10.4. The van der Waals surface area contributed by atoms with E-state index in [2.05, 4.69) is 27.5 Å². The smallest absolute Gasteiger partial charge is 0.238 e. The van der Waals surface area contributed by atoms with Gasteiger partial charge in [0.2, 0.25) is 10.0 Å². The fraction of sp³-hybridized carbons (Fsp3) is 0.375. The predicted molar refractivity (Wildman–Crippen MR) is 101 cm³/mol. The van der Waals surface area contributed by atoms with Gasteiger partial charge in [-0.15, -0.1) is 11.3 Å². The number of nitrogens with zero attached hydrogens (tertiary/aromatic N) is 2. The van der Waals surface area contributed by atoms with Crippen LogP contribution in [0.15, 0.2) is 40.4 Å². The monoisotopic (exact) mass is 381 g/mol. The second kappa shape index (κ2) is 8.93. The number of aliphatic imine (C=N–C) groups is 1. The molecule has 136 valence electrons. The van der Waals surface area contributed by atoms with E-state index in [1.807, 2.05) is 13.1 Å². The molecule has 0 aliphatic rings.